The van der Waals surface area contributed by atoms with Gasteiger partial charge in [0.2, 0.25) is 0 Å². The zero-order valence-electron chi connectivity index (χ0n) is 9.13. The van der Waals surface area contributed by atoms with Crippen molar-refractivity contribution in [3.8, 4) is 5.75 Å². The molecule has 18 heavy (non-hydrogen) atoms. The maximum Gasteiger partial charge on any atom is 0.335 e. The van der Waals surface area contributed by atoms with Gasteiger partial charge in [0.15, 0.2) is 0 Å². The molecular weight excluding hydrogens is 318 g/mol. The maximum atomic E-state index is 11.0. The predicted molar refractivity (Wildman–Crippen MR) is 73.1 cm³/mol. The number of hydrogen-bond donors (Lipinski definition) is 3. The molecule has 0 saturated carbocycles. The summed E-state index contributed by atoms with van der Waals surface area (Å²) in [5.74, 6) is -1.09. The van der Waals surface area contributed by atoms with Crippen LogP contribution in [0.4, 0.5) is 0 Å². The summed E-state index contributed by atoms with van der Waals surface area (Å²) in [4.78, 5) is 11.8. The van der Waals surface area contributed by atoms with Crippen molar-refractivity contribution in [2.45, 2.75) is 6.04 Å². The number of hydrogen-bond acceptors (Lipinski definition) is 4. The molecule has 6 heteroatoms. The number of carboxylic acids is 1. The number of aromatic carboxylic acids is 1. The second-order valence-electron chi connectivity index (χ2n) is 3.69. The first-order valence-corrected chi connectivity index (χ1v) is 6.72. The third-order valence-electron chi connectivity index (χ3n) is 2.52. The Kier molecular flexibility index (Phi) is 3.70. The molecule has 1 aromatic carbocycles. The maximum absolute atomic E-state index is 11.0. The Bertz CT molecular complexity index is 583. The van der Waals surface area contributed by atoms with Gasteiger partial charge in [0.1, 0.15) is 5.75 Å². The first kappa shape index (κ1) is 13.1. The topological polar surface area (TPSA) is 83.6 Å². The summed E-state index contributed by atoms with van der Waals surface area (Å²) >= 11 is 4.59. The Morgan fingerprint density at radius 1 is 1.44 bits per heavy atom. The van der Waals surface area contributed by atoms with Crippen molar-refractivity contribution in [2.24, 2.45) is 5.73 Å². The first-order valence-electron chi connectivity index (χ1n) is 5.05. The van der Waals surface area contributed by atoms with E-state index in [4.69, 9.17) is 10.8 Å². The number of nitrogens with two attached hydrogens (primary N) is 1. The van der Waals surface area contributed by atoms with Gasteiger partial charge in [-0.2, -0.15) is 0 Å². The number of carbonyl (C=O) groups is 1. The van der Waals surface area contributed by atoms with Gasteiger partial charge >= 0.3 is 5.97 Å². The van der Waals surface area contributed by atoms with E-state index in [0.29, 0.717) is 10.0 Å². The molecule has 0 aliphatic heterocycles. The van der Waals surface area contributed by atoms with Crippen LogP contribution in [-0.4, -0.2) is 16.2 Å². The molecule has 1 aromatic heterocycles. The molecule has 1 atom stereocenters. The molecule has 4 N–H and O–H groups in total. The second kappa shape index (κ2) is 5.09. The molecule has 4 nitrogen and oxygen atoms in total. The van der Waals surface area contributed by atoms with Crippen molar-refractivity contribution in [2.75, 3.05) is 0 Å². The highest BCUT2D eigenvalue weighted by Gasteiger charge is 2.19. The molecule has 0 aliphatic rings. The molecule has 0 bridgehead atoms. The monoisotopic (exact) mass is 327 g/mol. The fourth-order valence-corrected chi connectivity index (χ4v) is 2.82. The molecule has 1 heterocycles. The van der Waals surface area contributed by atoms with Crippen molar-refractivity contribution in [1.29, 1.82) is 0 Å². The van der Waals surface area contributed by atoms with Crippen molar-refractivity contribution in [1.82, 2.24) is 0 Å². The van der Waals surface area contributed by atoms with E-state index >= 15 is 0 Å². The van der Waals surface area contributed by atoms with Crippen LogP contribution >= 0.6 is 27.3 Å². The Labute approximate surface area is 116 Å². The second-order valence-corrected chi connectivity index (χ2v) is 5.53. The van der Waals surface area contributed by atoms with E-state index in [0.717, 1.165) is 4.88 Å². The van der Waals surface area contributed by atoms with Crippen molar-refractivity contribution < 1.29 is 15.0 Å². The minimum Gasteiger partial charge on any atom is -0.506 e. The fourth-order valence-electron chi connectivity index (χ4n) is 1.60. The molecule has 0 spiro atoms. The first-order chi connectivity index (χ1) is 8.50. The van der Waals surface area contributed by atoms with Crippen molar-refractivity contribution >= 4 is 33.2 Å². The van der Waals surface area contributed by atoms with Crippen LogP contribution in [-0.2, 0) is 0 Å². The Morgan fingerprint density at radius 2 is 2.17 bits per heavy atom. The highest BCUT2D eigenvalue weighted by Crippen LogP contribution is 2.36. The Morgan fingerprint density at radius 3 is 2.72 bits per heavy atom. The van der Waals surface area contributed by atoms with Crippen LogP contribution in [0.3, 0.4) is 0 Å². The molecule has 0 unspecified atom stereocenters. The van der Waals surface area contributed by atoms with Gasteiger partial charge in [0.05, 0.1) is 16.1 Å². The number of halogens is 1. The third-order valence-corrected chi connectivity index (χ3v) is 4.08. The van der Waals surface area contributed by atoms with E-state index in [2.05, 4.69) is 15.9 Å². The number of phenolic OH excluding ortho intramolecular Hbond substituents is 1. The summed E-state index contributed by atoms with van der Waals surface area (Å²) in [6.07, 6.45) is 0. The summed E-state index contributed by atoms with van der Waals surface area (Å²) in [7, 11) is 0. The van der Waals surface area contributed by atoms with E-state index in [1.54, 1.807) is 0 Å². The van der Waals surface area contributed by atoms with Crippen LogP contribution in [0.25, 0.3) is 0 Å². The van der Waals surface area contributed by atoms with Gasteiger partial charge in [-0.25, -0.2) is 4.79 Å². The van der Waals surface area contributed by atoms with E-state index in [1.165, 1.54) is 23.5 Å². The molecule has 0 radical (unpaired) electrons. The highest BCUT2D eigenvalue weighted by molar-refractivity contribution is 9.10. The number of thiophene rings is 1. The fraction of sp³-hybridized carbons (Fsp3) is 0.0833. The Balaban J connectivity index is 2.53. The normalized spacial score (nSPS) is 12.3. The van der Waals surface area contributed by atoms with Crippen LogP contribution < -0.4 is 5.73 Å². The summed E-state index contributed by atoms with van der Waals surface area (Å²) in [6, 6.07) is 5.90. The van der Waals surface area contributed by atoms with Gasteiger partial charge in [-0.3, -0.25) is 0 Å². The van der Waals surface area contributed by atoms with E-state index < -0.39 is 12.0 Å². The average molecular weight is 328 g/mol. The molecule has 2 aromatic rings. The largest absolute Gasteiger partial charge is 0.506 e. The number of aromatic hydroxyl groups is 1. The third kappa shape index (κ3) is 2.40. The van der Waals surface area contributed by atoms with E-state index in [1.807, 2.05) is 17.5 Å². The van der Waals surface area contributed by atoms with Gasteiger partial charge in [0, 0.05) is 10.4 Å². The summed E-state index contributed by atoms with van der Waals surface area (Å²) in [5, 5.41) is 20.8. The lowest BCUT2D eigenvalue weighted by Crippen LogP contribution is -2.12. The SMILES string of the molecule is N[C@H](c1cccs1)c1cc(C(=O)O)cc(Br)c1O. The number of phenols is 1. The molecular formula is C12H10BrNO3S. The lowest BCUT2D eigenvalue weighted by Gasteiger charge is -2.14. The lowest BCUT2D eigenvalue weighted by atomic mass is 10.0. The number of benzene rings is 1. The Hall–Kier alpha value is -1.37. The van der Waals surface area contributed by atoms with Crippen LogP contribution in [0.2, 0.25) is 0 Å². The lowest BCUT2D eigenvalue weighted by molar-refractivity contribution is 0.0696. The highest BCUT2D eigenvalue weighted by atomic mass is 79.9. The summed E-state index contributed by atoms with van der Waals surface area (Å²) in [6.45, 7) is 0. The van der Waals surface area contributed by atoms with Gasteiger partial charge in [-0.15, -0.1) is 11.3 Å². The summed E-state index contributed by atoms with van der Waals surface area (Å²) < 4.78 is 0.324. The molecule has 2 rings (SSSR count). The minimum atomic E-state index is -1.06. The average Bonchev–Trinajstić information content (AvgIpc) is 2.85. The standard InChI is InChI=1S/C12H10BrNO3S/c13-8-5-6(12(16)17)4-7(11(8)15)10(14)9-2-1-3-18-9/h1-5,10,15H,14H2,(H,16,17)/t10-/m0/s1. The minimum absolute atomic E-state index is 0.0269. The molecule has 0 aliphatic carbocycles. The predicted octanol–water partition coefficient (Wildman–Crippen LogP) is 2.96. The van der Waals surface area contributed by atoms with Crippen LogP contribution in [0.5, 0.6) is 5.75 Å². The zero-order valence-corrected chi connectivity index (χ0v) is 11.5. The number of rotatable bonds is 3. The van der Waals surface area contributed by atoms with Gasteiger partial charge < -0.3 is 15.9 Å². The van der Waals surface area contributed by atoms with E-state index in [9.17, 15) is 9.90 Å². The number of carboxylic acid groups (broad SMARTS) is 1. The van der Waals surface area contributed by atoms with Crippen molar-refractivity contribution in [3.05, 3.63) is 50.1 Å². The van der Waals surface area contributed by atoms with Gasteiger partial charge in [-0.1, -0.05) is 6.07 Å². The quantitative estimate of drug-likeness (QED) is 0.809. The van der Waals surface area contributed by atoms with E-state index in [-0.39, 0.29) is 11.3 Å². The molecule has 0 saturated heterocycles. The van der Waals surface area contributed by atoms with Gasteiger partial charge in [0.25, 0.3) is 0 Å². The molecule has 0 fully saturated rings. The van der Waals surface area contributed by atoms with Crippen LogP contribution in [0.1, 0.15) is 26.8 Å². The van der Waals surface area contributed by atoms with Crippen LogP contribution in [0.15, 0.2) is 34.1 Å². The van der Waals surface area contributed by atoms with Crippen LogP contribution in [0, 0.1) is 0 Å². The molecule has 94 valence electrons. The molecule has 0 amide bonds. The van der Waals surface area contributed by atoms with Crippen molar-refractivity contribution in [3.63, 3.8) is 0 Å². The summed E-state index contributed by atoms with van der Waals surface area (Å²) in [5.41, 5.74) is 6.51. The van der Waals surface area contributed by atoms with Gasteiger partial charge in [-0.05, 0) is 39.5 Å². The smallest absolute Gasteiger partial charge is 0.335 e. The zero-order chi connectivity index (χ0) is 13.3.